The summed E-state index contributed by atoms with van der Waals surface area (Å²) in [6.45, 7) is 2.34. The number of carbonyl (C=O) groups is 2. The number of ketones is 1. The number of nitrogens with zero attached hydrogens (tertiary/aromatic N) is 1. The minimum atomic E-state index is -0.969. The molecule has 2 N–H and O–H groups in total. The number of aryl methyl sites for hydroxylation is 1. The Morgan fingerprint density at radius 2 is 1.68 bits per heavy atom. The molecule has 1 aliphatic carbocycles. The monoisotopic (exact) mass is 552 g/mol. The van der Waals surface area contributed by atoms with Gasteiger partial charge in [0.15, 0.2) is 5.78 Å². The minimum absolute atomic E-state index is 0.0154. The molecule has 1 fully saturated rings. The van der Waals surface area contributed by atoms with Crippen molar-refractivity contribution in [2.24, 2.45) is 5.92 Å². The van der Waals surface area contributed by atoms with E-state index in [9.17, 15) is 14.7 Å². The number of nitrogens with one attached hydrogen (secondary N) is 1. The molecule has 5 rings (SSSR count). The Bertz CT molecular complexity index is 1460. The zero-order valence-corrected chi connectivity index (χ0v) is 23.3. The second-order valence-electron chi connectivity index (χ2n) is 10.6. The number of carbonyl (C=O) groups excluding carboxylic acids is 1. The van der Waals surface area contributed by atoms with Crippen molar-refractivity contribution in [1.29, 1.82) is 0 Å². The Labute approximate surface area is 240 Å². The number of oxazole rings is 1. The number of aromatic nitrogens is 1. The molecule has 1 atom stereocenters. The van der Waals surface area contributed by atoms with Gasteiger partial charge in [0, 0.05) is 35.6 Å². The number of rotatable bonds is 12. The number of aliphatic carboxylic acids is 1. The Morgan fingerprint density at radius 1 is 0.976 bits per heavy atom. The van der Waals surface area contributed by atoms with E-state index < -0.39 is 12.0 Å². The molecule has 0 bridgehead atoms. The lowest BCUT2D eigenvalue weighted by atomic mass is 9.83. The normalized spacial score (nSPS) is 14.4. The summed E-state index contributed by atoms with van der Waals surface area (Å²) in [6, 6.07) is 23.6. The van der Waals surface area contributed by atoms with Gasteiger partial charge in [0.2, 0.25) is 5.89 Å². The molecule has 1 heterocycles. The van der Waals surface area contributed by atoms with E-state index in [1.54, 1.807) is 12.1 Å². The second-order valence-corrected chi connectivity index (χ2v) is 10.6. The second kappa shape index (κ2) is 13.3. The molecule has 7 nitrogen and oxygen atoms in total. The summed E-state index contributed by atoms with van der Waals surface area (Å²) in [4.78, 5) is 30.0. The Balaban J connectivity index is 1.17. The largest absolute Gasteiger partial charge is 0.493 e. The first-order valence-electron chi connectivity index (χ1n) is 14.3. The van der Waals surface area contributed by atoms with Crippen LogP contribution in [0.2, 0.25) is 0 Å². The fourth-order valence-corrected chi connectivity index (χ4v) is 5.38. The van der Waals surface area contributed by atoms with Gasteiger partial charge in [-0.15, -0.1) is 0 Å². The van der Waals surface area contributed by atoms with Crippen LogP contribution in [0.4, 0.5) is 5.69 Å². The fraction of sp³-hybridized carbons (Fsp3) is 0.324. The number of carboxylic acids is 1. The molecule has 3 aromatic carbocycles. The van der Waals surface area contributed by atoms with Crippen LogP contribution in [0.3, 0.4) is 0 Å². The van der Waals surface area contributed by atoms with Gasteiger partial charge in [-0.25, -0.2) is 9.78 Å². The zero-order valence-electron chi connectivity index (χ0n) is 23.3. The van der Waals surface area contributed by atoms with E-state index in [2.05, 4.69) is 10.3 Å². The highest BCUT2D eigenvalue weighted by Crippen LogP contribution is 2.30. The van der Waals surface area contributed by atoms with Crippen molar-refractivity contribution in [2.75, 3.05) is 11.9 Å². The first-order valence-corrected chi connectivity index (χ1v) is 14.3. The van der Waals surface area contributed by atoms with Crippen molar-refractivity contribution >= 4 is 17.4 Å². The van der Waals surface area contributed by atoms with E-state index in [1.807, 2.05) is 73.7 Å². The number of ether oxygens (including phenoxy) is 1. The van der Waals surface area contributed by atoms with Crippen LogP contribution in [0.1, 0.15) is 59.5 Å². The SMILES string of the molecule is Cc1oc(-c2ccccc2)nc1CCOc1ccc(C[C@@H](Nc2ccccc2C(=O)C2CCCCC2)C(=O)O)cc1. The summed E-state index contributed by atoms with van der Waals surface area (Å²) in [5, 5.41) is 13.1. The van der Waals surface area contributed by atoms with Crippen LogP contribution in [0, 0.1) is 12.8 Å². The first kappa shape index (κ1) is 28.1. The van der Waals surface area contributed by atoms with E-state index in [4.69, 9.17) is 9.15 Å². The first-order chi connectivity index (χ1) is 20.0. The van der Waals surface area contributed by atoms with E-state index in [0.29, 0.717) is 35.9 Å². The Hall–Kier alpha value is -4.39. The lowest BCUT2D eigenvalue weighted by molar-refractivity contribution is -0.137. The lowest BCUT2D eigenvalue weighted by Gasteiger charge is -2.23. The van der Waals surface area contributed by atoms with Gasteiger partial charge < -0.3 is 19.6 Å². The lowest BCUT2D eigenvalue weighted by Crippen LogP contribution is -2.32. The fourth-order valence-electron chi connectivity index (χ4n) is 5.38. The zero-order chi connectivity index (χ0) is 28.6. The van der Waals surface area contributed by atoms with Crippen LogP contribution in [-0.4, -0.2) is 34.5 Å². The molecule has 0 aliphatic heterocycles. The number of hydrogen-bond acceptors (Lipinski definition) is 6. The molecule has 4 aromatic rings. The smallest absolute Gasteiger partial charge is 0.326 e. The molecular weight excluding hydrogens is 516 g/mol. The number of para-hydroxylation sites is 1. The van der Waals surface area contributed by atoms with Gasteiger partial charge in [-0.2, -0.15) is 0 Å². The molecular formula is C34H36N2O5. The van der Waals surface area contributed by atoms with Crippen LogP contribution in [-0.2, 0) is 17.6 Å². The molecule has 7 heteroatoms. The third kappa shape index (κ3) is 7.23. The minimum Gasteiger partial charge on any atom is -0.493 e. The van der Waals surface area contributed by atoms with Crippen molar-refractivity contribution in [3.05, 3.63) is 101 Å². The summed E-state index contributed by atoms with van der Waals surface area (Å²) in [5.41, 5.74) is 3.81. The summed E-state index contributed by atoms with van der Waals surface area (Å²) in [6.07, 6.45) is 5.98. The third-order valence-corrected chi connectivity index (χ3v) is 7.68. The molecule has 1 saturated carbocycles. The predicted molar refractivity (Wildman–Crippen MR) is 158 cm³/mol. The highest BCUT2D eigenvalue weighted by molar-refractivity contribution is 6.03. The van der Waals surface area contributed by atoms with Crippen LogP contribution in [0.5, 0.6) is 5.75 Å². The topological polar surface area (TPSA) is 102 Å². The van der Waals surface area contributed by atoms with Crippen LogP contribution >= 0.6 is 0 Å². The maximum atomic E-state index is 13.2. The van der Waals surface area contributed by atoms with E-state index in [0.717, 1.165) is 48.3 Å². The summed E-state index contributed by atoms with van der Waals surface area (Å²) >= 11 is 0. The van der Waals surface area contributed by atoms with E-state index in [-0.39, 0.29) is 18.1 Å². The molecule has 41 heavy (non-hydrogen) atoms. The average Bonchev–Trinajstić information content (AvgIpc) is 3.38. The molecule has 1 aromatic heterocycles. The Kier molecular flexibility index (Phi) is 9.14. The maximum absolute atomic E-state index is 13.2. The van der Waals surface area contributed by atoms with Crippen LogP contribution < -0.4 is 10.1 Å². The highest BCUT2D eigenvalue weighted by Gasteiger charge is 2.26. The quantitative estimate of drug-likeness (QED) is 0.180. The van der Waals surface area contributed by atoms with Gasteiger partial charge in [-0.1, -0.05) is 61.7 Å². The van der Waals surface area contributed by atoms with Crippen molar-refractivity contribution in [2.45, 2.75) is 57.9 Å². The number of Topliss-reactive ketones (excluding diaryl/α,β-unsaturated/α-hetero) is 1. The summed E-state index contributed by atoms with van der Waals surface area (Å²) in [7, 11) is 0. The van der Waals surface area contributed by atoms with Crippen molar-refractivity contribution in [3.8, 4) is 17.2 Å². The molecule has 0 spiro atoms. The number of hydrogen-bond donors (Lipinski definition) is 2. The number of anilines is 1. The van der Waals surface area contributed by atoms with Gasteiger partial charge >= 0.3 is 5.97 Å². The van der Waals surface area contributed by atoms with Crippen molar-refractivity contribution < 1.29 is 23.8 Å². The molecule has 0 unspecified atom stereocenters. The van der Waals surface area contributed by atoms with Crippen LogP contribution in [0.25, 0.3) is 11.5 Å². The van der Waals surface area contributed by atoms with Crippen molar-refractivity contribution in [3.63, 3.8) is 0 Å². The van der Waals surface area contributed by atoms with Gasteiger partial charge in [-0.05, 0) is 61.7 Å². The third-order valence-electron chi connectivity index (χ3n) is 7.68. The van der Waals surface area contributed by atoms with Gasteiger partial charge in [0.1, 0.15) is 17.6 Å². The highest BCUT2D eigenvalue weighted by atomic mass is 16.5. The van der Waals surface area contributed by atoms with Crippen LogP contribution in [0.15, 0.2) is 83.3 Å². The molecule has 0 radical (unpaired) electrons. The average molecular weight is 553 g/mol. The summed E-state index contributed by atoms with van der Waals surface area (Å²) in [5.74, 6) is 1.23. The van der Waals surface area contributed by atoms with Crippen molar-refractivity contribution in [1.82, 2.24) is 4.98 Å². The van der Waals surface area contributed by atoms with E-state index in [1.165, 1.54) is 6.42 Å². The van der Waals surface area contributed by atoms with Gasteiger partial charge in [0.05, 0.1) is 12.3 Å². The molecule has 212 valence electrons. The number of carboxylic acid groups (broad SMARTS) is 1. The number of benzene rings is 3. The predicted octanol–water partition coefficient (Wildman–Crippen LogP) is 7.14. The standard InChI is InChI=1S/C34H36N2O5/c1-23-29(36-33(41-23)26-12-6-3-7-13-26)20-21-40-27-18-16-24(17-19-27)22-31(34(38)39)35-30-15-9-8-14-28(30)32(37)25-10-4-2-5-11-25/h3,6-9,12-19,25,31,35H,2,4-5,10-11,20-22H2,1H3,(H,38,39)/t31-/m1/s1. The molecule has 0 amide bonds. The molecule has 0 saturated heterocycles. The maximum Gasteiger partial charge on any atom is 0.326 e. The van der Waals surface area contributed by atoms with Gasteiger partial charge in [-0.3, -0.25) is 4.79 Å². The van der Waals surface area contributed by atoms with Gasteiger partial charge in [0.25, 0.3) is 0 Å². The summed E-state index contributed by atoms with van der Waals surface area (Å²) < 4.78 is 11.8. The Morgan fingerprint density at radius 3 is 2.41 bits per heavy atom. The molecule has 1 aliphatic rings. The van der Waals surface area contributed by atoms with E-state index >= 15 is 0 Å².